The quantitative estimate of drug-likeness (QED) is 0.636. The zero-order chi connectivity index (χ0) is 17.4. The summed E-state index contributed by atoms with van der Waals surface area (Å²) in [5, 5.41) is 0. The van der Waals surface area contributed by atoms with Crippen molar-refractivity contribution in [3.05, 3.63) is 11.6 Å². The number of carbonyl (C=O) groups excluding carboxylic acids is 2. The fourth-order valence-corrected chi connectivity index (χ4v) is 6.42. The molecule has 0 N–H and O–H groups in total. The predicted octanol–water partition coefficient (Wildman–Crippen LogP) is 3.58. The standard InChI is InChI=1S/C20H28O4/c1-13-10-14(21)16-17(2,3)6-5-7-18(16,4)20(13)9-8-19(24-20)11-15(22)23-12-19/h10,16H,5-9,11-12H2,1-4H3/t16-,18-,19+,20+/m0/s1. The van der Waals surface area contributed by atoms with Gasteiger partial charge in [0.2, 0.25) is 0 Å². The molecule has 2 aliphatic heterocycles. The average molecular weight is 332 g/mol. The van der Waals surface area contributed by atoms with E-state index >= 15 is 0 Å². The highest BCUT2D eigenvalue weighted by molar-refractivity contribution is 5.95. The normalized spacial score (nSPS) is 47.0. The Morgan fingerprint density at radius 1 is 1.08 bits per heavy atom. The highest BCUT2D eigenvalue weighted by Gasteiger charge is 2.68. The van der Waals surface area contributed by atoms with Crippen LogP contribution in [-0.2, 0) is 19.1 Å². The van der Waals surface area contributed by atoms with Crippen LogP contribution in [0.15, 0.2) is 11.6 Å². The molecular weight excluding hydrogens is 304 g/mol. The summed E-state index contributed by atoms with van der Waals surface area (Å²) in [7, 11) is 0. The van der Waals surface area contributed by atoms with Crippen molar-refractivity contribution < 1.29 is 19.1 Å². The van der Waals surface area contributed by atoms with Crippen molar-refractivity contribution >= 4 is 11.8 Å². The van der Waals surface area contributed by atoms with Gasteiger partial charge in [-0.15, -0.1) is 0 Å². The molecule has 0 aromatic rings. The lowest BCUT2D eigenvalue weighted by atomic mass is 9.46. The van der Waals surface area contributed by atoms with Crippen LogP contribution in [-0.4, -0.2) is 29.6 Å². The smallest absolute Gasteiger partial charge is 0.308 e. The molecule has 4 nitrogen and oxygen atoms in total. The van der Waals surface area contributed by atoms with Gasteiger partial charge in [0.1, 0.15) is 12.2 Å². The molecule has 2 spiro atoms. The van der Waals surface area contributed by atoms with E-state index in [9.17, 15) is 9.59 Å². The summed E-state index contributed by atoms with van der Waals surface area (Å²) >= 11 is 0. The van der Waals surface area contributed by atoms with Crippen molar-refractivity contribution in [3.8, 4) is 0 Å². The molecule has 24 heavy (non-hydrogen) atoms. The van der Waals surface area contributed by atoms with Crippen LogP contribution in [0.25, 0.3) is 0 Å². The van der Waals surface area contributed by atoms with Crippen molar-refractivity contribution in [2.75, 3.05) is 6.61 Å². The Balaban J connectivity index is 1.81. The van der Waals surface area contributed by atoms with Gasteiger partial charge in [0.25, 0.3) is 0 Å². The number of rotatable bonds is 0. The van der Waals surface area contributed by atoms with Crippen LogP contribution in [0.5, 0.6) is 0 Å². The maximum atomic E-state index is 13.0. The van der Waals surface area contributed by atoms with E-state index in [1.165, 1.54) is 0 Å². The second-order valence-corrected chi connectivity index (χ2v) is 9.37. The van der Waals surface area contributed by atoms with Crippen LogP contribution >= 0.6 is 0 Å². The SMILES string of the molecule is CC1=CC(=O)[C@H]2C(C)(C)CCC[C@]2(C)[C@@]12CC[C@@]1(COC(=O)C1)O2. The summed E-state index contributed by atoms with van der Waals surface area (Å²) in [4.78, 5) is 24.7. The third-order valence-corrected chi connectivity index (χ3v) is 7.42. The van der Waals surface area contributed by atoms with Gasteiger partial charge in [-0.2, -0.15) is 0 Å². The van der Waals surface area contributed by atoms with Gasteiger partial charge < -0.3 is 9.47 Å². The summed E-state index contributed by atoms with van der Waals surface area (Å²) in [5.74, 6) is 0.0792. The predicted molar refractivity (Wildman–Crippen MR) is 89.4 cm³/mol. The third-order valence-electron chi connectivity index (χ3n) is 7.42. The average Bonchev–Trinajstić information content (AvgIpc) is 3.01. The summed E-state index contributed by atoms with van der Waals surface area (Å²) in [6, 6.07) is 0. The van der Waals surface area contributed by atoms with Gasteiger partial charge in [0.15, 0.2) is 5.78 Å². The van der Waals surface area contributed by atoms with Gasteiger partial charge in [0, 0.05) is 11.3 Å². The van der Waals surface area contributed by atoms with Crippen LogP contribution in [0.1, 0.15) is 66.2 Å². The Hall–Kier alpha value is -1.16. The van der Waals surface area contributed by atoms with Gasteiger partial charge in [-0.05, 0) is 49.7 Å². The van der Waals surface area contributed by atoms with Gasteiger partial charge in [-0.3, -0.25) is 9.59 Å². The highest BCUT2D eigenvalue weighted by Crippen LogP contribution is 2.65. The van der Waals surface area contributed by atoms with E-state index in [-0.39, 0.29) is 28.5 Å². The summed E-state index contributed by atoms with van der Waals surface area (Å²) in [6.45, 7) is 9.10. The number of allylic oxidation sites excluding steroid dienone is 1. The molecule has 2 heterocycles. The lowest BCUT2D eigenvalue weighted by Crippen LogP contribution is -2.62. The second-order valence-electron chi connectivity index (χ2n) is 9.37. The molecule has 132 valence electrons. The molecule has 4 atom stereocenters. The number of esters is 1. The number of ketones is 1. The van der Waals surface area contributed by atoms with E-state index in [1.54, 1.807) is 0 Å². The molecule has 0 aromatic heterocycles. The largest absolute Gasteiger partial charge is 0.463 e. The number of fused-ring (bicyclic) bond motifs is 2. The Morgan fingerprint density at radius 2 is 1.83 bits per heavy atom. The first kappa shape index (κ1) is 16.3. The number of cyclic esters (lactones) is 1. The molecule has 0 bridgehead atoms. The number of ether oxygens (including phenoxy) is 2. The Morgan fingerprint density at radius 3 is 2.50 bits per heavy atom. The molecule has 2 aliphatic carbocycles. The monoisotopic (exact) mass is 332 g/mol. The molecule has 0 aromatic carbocycles. The van der Waals surface area contributed by atoms with Gasteiger partial charge in [-0.1, -0.05) is 27.2 Å². The highest BCUT2D eigenvalue weighted by atomic mass is 16.6. The Kier molecular flexibility index (Phi) is 3.21. The maximum Gasteiger partial charge on any atom is 0.308 e. The van der Waals surface area contributed by atoms with Crippen LogP contribution in [0.4, 0.5) is 0 Å². The van der Waals surface area contributed by atoms with E-state index in [1.807, 2.05) is 13.0 Å². The van der Waals surface area contributed by atoms with Crippen LogP contribution in [0.2, 0.25) is 0 Å². The van der Waals surface area contributed by atoms with Crippen molar-refractivity contribution in [1.29, 1.82) is 0 Å². The first-order valence-electron chi connectivity index (χ1n) is 9.23. The molecule has 4 heteroatoms. The minimum absolute atomic E-state index is 0.0179. The summed E-state index contributed by atoms with van der Waals surface area (Å²) < 4.78 is 12.0. The number of hydrogen-bond donors (Lipinski definition) is 0. The lowest BCUT2D eigenvalue weighted by Gasteiger charge is -2.60. The van der Waals surface area contributed by atoms with E-state index in [4.69, 9.17) is 9.47 Å². The van der Waals surface area contributed by atoms with Gasteiger partial charge in [0.05, 0.1) is 12.0 Å². The lowest BCUT2D eigenvalue weighted by molar-refractivity contribution is -0.193. The molecule has 1 saturated carbocycles. The van der Waals surface area contributed by atoms with E-state index in [0.29, 0.717) is 13.0 Å². The van der Waals surface area contributed by atoms with Crippen molar-refractivity contribution in [1.82, 2.24) is 0 Å². The first-order chi connectivity index (χ1) is 11.1. The maximum absolute atomic E-state index is 13.0. The molecule has 3 fully saturated rings. The second kappa shape index (κ2) is 4.72. The fourth-order valence-electron chi connectivity index (χ4n) is 6.42. The summed E-state index contributed by atoms with van der Waals surface area (Å²) in [5.41, 5.74) is -0.103. The van der Waals surface area contributed by atoms with Crippen molar-refractivity contribution in [2.24, 2.45) is 16.7 Å². The van der Waals surface area contributed by atoms with Gasteiger partial charge in [-0.25, -0.2) is 0 Å². The van der Waals surface area contributed by atoms with Crippen LogP contribution < -0.4 is 0 Å². The zero-order valence-corrected chi connectivity index (χ0v) is 15.2. The zero-order valence-electron chi connectivity index (χ0n) is 15.2. The molecule has 2 saturated heterocycles. The van der Waals surface area contributed by atoms with E-state index < -0.39 is 11.2 Å². The Labute approximate surface area is 144 Å². The van der Waals surface area contributed by atoms with Gasteiger partial charge >= 0.3 is 5.97 Å². The molecule has 4 aliphatic rings. The third kappa shape index (κ3) is 1.89. The molecular formula is C20H28O4. The van der Waals surface area contributed by atoms with Crippen molar-refractivity contribution in [2.45, 2.75) is 77.4 Å². The number of hydrogen-bond acceptors (Lipinski definition) is 4. The van der Waals surface area contributed by atoms with E-state index in [2.05, 4.69) is 20.8 Å². The molecule has 0 unspecified atom stereocenters. The molecule has 4 rings (SSSR count). The fraction of sp³-hybridized carbons (Fsp3) is 0.800. The van der Waals surface area contributed by atoms with Crippen LogP contribution in [0, 0.1) is 16.7 Å². The minimum Gasteiger partial charge on any atom is -0.463 e. The first-order valence-corrected chi connectivity index (χ1v) is 9.23. The summed E-state index contributed by atoms with van der Waals surface area (Å²) in [6.07, 6.45) is 7.09. The molecule has 0 radical (unpaired) electrons. The topological polar surface area (TPSA) is 52.6 Å². The number of carbonyl (C=O) groups is 2. The van der Waals surface area contributed by atoms with Crippen molar-refractivity contribution in [3.63, 3.8) is 0 Å². The Bertz CT molecular complexity index is 648. The van der Waals surface area contributed by atoms with Crippen LogP contribution in [0.3, 0.4) is 0 Å². The molecule has 0 amide bonds. The minimum atomic E-state index is -0.484. The van der Waals surface area contributed by atoms with E-state index in [0.717, 1.165) is 37.7 Å².